The lowest BCUT2D eigenvalue weighted by molar-refractivity contribution is -0.149. The molecule has 2 heterocycles. The number of aliphatic carboxylic acids is 1. The first-order valence-corrected chi connectivity index (χ1v) is 8.71. The van der Waals surface area contributed by atoms with Crippen molar-refractivity contribution in [2.45, 2.75) is 44.9 Å². The third-order valence-corrected chi connectivity index (χ3v) is 5.05. The Hall–Kier alpha value is -2.08. The van der Waals surface area contributed by atoms with Gasteiger partial charge in [-0.25, -0.2) is 4.79 Å². The van der Waals surface area contributed by atoms with E-state index < -0.39 is 29.1 Å². The zero-order chi connectivity index (χ0) is 18.2. The van der Waals surface area contributed by atoms with Gasteiger partial charge in [-0.15, -0.1) is 0 Å². The molecule has 0 saturated carbocycles. The summed E-state index contributed by atoms with van der Waals surface area (Å²) in [7, 11) is 0. The van der Waals surface area contributed by atoms with Crippen LogP contribution in [-0.4, -0.2) is 57.7 Å². The van der Waals surface area contributed by atoms with Crippen molar-refractivity contribution in [2.24, 2.45) is 5.92 Å². The zero-order valence-corrected chi connectivity index (χ0v) is 15.1. The summed E-state index contributed by atoms with van der Waals surface area (Å²) in [5, 5.41) is 9.72. The second-order valence-electron chi connectivity index (χ2n) is 8.03. The van der Waals surface area contributed by atoms with Crippen LogP contribution in [0.25, 0.3) is 0 Å². The molecule has 2 fully saturated rings. The molecule has 2 aliphatic rings. The Bertz CT molecular complexity index is 655. The fourth-order valence-corrected chi connectivity index (χ4v) is 3.89. The molecular formula is C19H26N2O4. The number of nitrogens with zero attached hydrogens (tertiary/aromatic N) is 2. The van der Waals surface area contributed by atoms with Crippen LogP contribution in [0.5, 0.6) is 0 Å². The molecular weight excluding hydrogens is 320 g/mol. The SMILES string of the molecule is CC(C)(C)OC(=O)N1CC[C@]12CN(Cc1ccccc1)C[C@H]2C(=O)O. The molecule has 1 N–H and O–H groups in total. The molecule has 2 aliphatic heterocycles. The van der Waals surface area contributed by atoms with Crippen LogP contribution >= 0.6 is 0 Å². The molecule has 0 aromatic heterocycles. The lowest BCUT2D eigenvalue weighted by Gasteiger charge is -2.52. The minimum Gasteiger partial charge on any atom is -0.481 e. The lowest BCUT2D eigenvalue weighted by Crippen LogP contribution is -2.68. The van der Waals surface area contributed by atoms with Gasteiger partial charge in [0.05, 0.1) is 11.5 Å². The predicted molar refractivity (Wildman–Crippen MR) is 93.1 cm³/mol. The molecule has 1 spiro atoms. The standard InChI is InChI=1S/C19H26N2O4/c1-18(2,3)25-17(24)21-10-9-19(21)13-20(12-15(19)16(22)23)11-14-7-5-4-6-8-14/h4-8,15H,9-13H2,1-3H3,(H,22,23)/t15-,19+/m0/s1. The summed E-state index contributed by atoms with van der Waals surface area (Å²) in [6.07, 6.45) is 0.292. The van der Waals surface area contributed by atoms with Crippen LogP contribution in [0.15, 0.2) is 30.3 Å². The van der Waals surface area contributed by atoms with Crippen LogP contribution in [0.4, 0.5) is 4.79 Å². The molecule has 3 rings (SSSR count). The number of amides is 1. The highest BCUT2D eigenvalue weighted by atomic mass is 16.6. The van der Waals surface area contributed by atoms with Gasteiger partial charge < -0.3 is 14.7 Å². The third kappa shape index (κ3) is 3.49. The Morgan fingerprint density at radius 3 is 2.48 bits per heavy atom. The van der Waals surface area contributed by atoms with Crippen LogP contribution in [0.1, 0.15) is 32.8 Å². The summed E-state index contributed by atoms with van der Waals surface area (Å²) in [5.41, 5.74) is -0.0930. The van der Waals surface area contributed by atoms with Crippen LogP contribution in [0.3, 0.4) is 0 Å². The van der Waals surface area contributed by atoms with E-state index in [2.05, 4.69) is 4.90 Å². The Labute approximate surface area is 148 Å². The summed E-state index contributed by atoms with van der Waals surface area (Å²) < 4.78 is 5.49. The first kappa shape index (κ1) is 17.7. The van der Waals surface area contributed by atoms with Gasteiger partial charge in [0.15, 0.2) is 0 Å². The number of rotatable bonds is 3. The average molecular weight is 346 g/mol. The summed E-state index contributed by atoms with van der Waals surface area (Å²) in [6, 6.07) is 9.99. The average Bonchev–Trinajstić information content (AvgIpc) is 2.87. The molecule has 0 aliphatic carbocycles. The molecule has 25 heavy (non-hydrogen) atoms. The van der Waals surface area contributed by atoms with Crippen molar-refractivity contribution < 1.29 is 19.4 Å². The van der Waals surface area contributed by atoms with Crippen LogP contribution < -0.4 is 0 Å². The van der Waals surface area contributed by atoms with E-state index in [1.165, 1.54) is 0 Å². The molecule has 1 aromatic carbocycles. The number of carboxylic acids is 1. The Kier molecular flexibility index (Phi) is 4.49. The van der Waals surface area contributed by atoms with Crippen molar-refractivity contribution in [2.75, 3.05) is 19.6 Å². The molecule has 6 heteroatoms. The van der Waals surface area contributed by atoms with Gasteiger partial charge in [-0.3, -0.25) is 9.69 Å². The Morgan fingerprint density at radius 2 is 1.96 bits per heavy atom. The zero-order valence-electron chi connectivity index (χ0n) is 15.1. The number of hydrogen-bond acceptors (Lipinski definition) is 4. The number of likely N-dealkylation sites (tertiary alicyclic amines) is 2. The molecule has 2 saturated heterocycles. The number of carboxylic acid groups (broad SMARTS) is 1. The quantitative estimate of drug-likeness (QED) is 0.911. The van der Waals surface area contributed by atoms with E-state index in [1.807, 2.05) is 51.1 Å². The number of hydrogen-bond donors (Lipinski definition) is 1. The van der Waals surface area contributed by atoms with Gasteiger partial charge in [0.1, 0.15) is 5.60 Å². The van der Waals surface area contributed by atoms with Gasteiger partial charge >= 0.3 is 12.1 Å². The van der Waals surface area contributed by atoms with Crippen LogP contribution in [0.2, 0.25) is 0 Å². The highest BCUT2D eigenvalue weighted by Gasteiger charge is 2.60. The van der Waals surface area contributed by atoms with Crippen molar-refractivity contribution >= 4 is 12.1 Å². The number of carbonyl (C=O) groups excluding carboxylic acids is 1. The fraction of sp³-hybridized carbons (Fsp3) is 0.579. The Morgan fingerprint density at radius 1 is 1.28 bits per heavy atom. The molecule has 0 unspecified atom stereocenters. The van der Waals surface area contributed by atoms with Gasteiger partial charge in [-0.2, -0.15) is 0 Å². The van der Waals surface area contributed by atoms with Crippen molar-refractivity contribution in [3.8, 4) is 0 Å². The monoisotopic (exact) mass is 346 g/mol. The first-order chi connectivity index (χ1) is 11.7. The minimum atomic E-state index is -0.844. The van der Waals surface area contributed by atoms with Crippen molar-refractivity contribution in [1.29, 1.82) is 0 Å². The fourth-order valence-electron chi connectivity index (χ4n) is 3.89. The number of ether oxygens (including phenoxy) is 1. The summed E-state index contributed by atoms with van der Waals surface area (Å²) in [4.78, 5) is 28.1. The molecule has 0 radical (unpaired) electrons. The van der Waals surface area contributed by atoms with Crippen LogP contribution in [-0.2, 0) is 16.1 Å². The number of carbonyl (C=O) groups is 2. The van der Waals surface area contributed by atoms with Crippen LogP contribution in [0, 0.1) is 5.92 Å². The number of benzene rings is 1. The maximum Gasteiger partial charge on any atom is 0.410 e. The second kappa shape index (κ2) is 6.33. The topological polar surface area (TPSA) is 70.1 Å². The van der Waals surface area contributed by atoms with Crippen molar-refractivity contribution in [1.82, 2.24) is 9.80 Å². The molecule has 136 valence electrons. The van der Waals surface area contributed by atoms with Crippen molar-refractivity contribution in [3.63, 3.8) is 0 Å². The van der Waals surface area contributed by atoms with E-state index in [0.29, 0.717) is 32.6 Å². The normalized spacial score (nSPS) is 26.5. The molecule has 6 nitrogen and oxygen atoms in total. The summed E-state index contributed by atoms with van der Waals surface area (Å²) in [6.45, 7) is 7.72. The van der Waals surface area contributed by atoms with E-state index in [9.17, 15) is 14.7 Å². The largest absolute Gasteiger partial charge is 0.481 e. The second-order valence-corrected chi connectivity index (χ2v) is 8.03. The Balaban J connectivity index is 1.76. The maximum absolute atomic E-state index is 12.5. The van der Waals surface area contributed by atoms with Crippen molar-refractivity contribution in [3.05, 3.63) is 35.9 Å². The summed E-state index contributed by atoms with van der Waals surface area (Å²) >= 11 is 0. The minimum absolute atomic E-state index is 0.411. The van der Waals surface area contributed by atoms with E-state index in [-0.39, 0.29) is 0 Å². The molecule has 1 aromatic rings. The maximum atomic E-state index is 12.5. The predicted octanol–water partition coefficient (Wildman–Crippen LogP) is 2.58. The van der Waals surface area contributed by atoms with Gasteiger partial charge in [-0.1, -0.05) is 30.3 Å². The van der Waals surface area contributed by atoms with Gasteiger partial charge in [0.2, 0.25) is 0 Å². The highest BCUT2D eigenvalue weighted by Crippen LogP contribution is 2.44. The third-order valence-electron chi connectivity index (χ3n) is 5.05. The molecule has 2 atom stereocenters. The highest BCUT2D eigenvalue weighted by molar-refractivity contribution is 5.77. The lowest BCUT2D eigenvalue weighted by atomic mass is 9.76. The molecule has 0 bridgehead atoms. The smallest absolute Gasteiger partial charge is 0.410 e. The van der Waals surface area contributed by atoms with E-state index in [0.717, 1.165) is 5.56 Å². The summed E-state index contributed by atoms with van der Waals surface area (Å²) in [5.74, 6) is -1.43. The molecule has 1 amide bonds. The van der Waals surface area contributed by atoms with E-state index in [4.69, 9.17) is 4.74 Å². The van der Waals surface area contributed by atoms with E-state index >= 15 is 0 Å². The van der Waals surface area contributed by atoms with E-state index in [1.54, 1.807) is 4.90 Å². The van der Waals surface area contributed by atoms with Gasteiger partial charge in [0, 0.05) is 26.2 Å². The first-order valence-electron chi connectivity index (χ1n) is 8.71. The van der Waals surface area contributed by atoms with Gasteiger partial charge in [-0.05, 0) is 32.8 Å². The van der Waals surface area contributed by atoms with Gasteiger partial charge in [0.25, 0.3) is 0 Å².